The minimum Gasteiger partial charge on any atom is -0.508 e. The number of hydrogen-bond donors (Lipinski definition) is 1. The van der Waals surface area contributed by atoms with Gasteiger partial charge < -0.3 is 10.0 Å². The fourth-order valence-corrected chi connectivity index (χ4v) is 2.97. The van der Waals surface area contributed by atoms with Gasteiger partial charge >= 0.3 is 0 Å². The summed E-state index contributed by atoms with van der Waals surface area (Å²) in [5, 5.41) is 13.9. The van der Waals surface area contributed by atoms with Gasteiger partial charge in [-0.1, -0.05) is 18.2 Å². The van der Waals surface area contributed by atoms with Crippen molar-refractivity contribution < 1.29 is 9.90 Å². The topological polar surface area (TPSA) is 40.5 Å². The quantitative estimate of drug-likeness (QED) is 0.917. The van der Waals surface area contributed by atoms with Gasteiger partial charge in [0.1, 0.15) is 5.75 Å². The summed E-state index contributed by atoms with van der Waals surface area (Å²) < 4.78 is 0. The summed E-state index contributed by atoms with van der Waals surface area (Å²) in [6, 6.07) is 9.50. The van der Waals surface area contributed by atoms with E-state index in [2.05, 4.69) is 11.4 Å². The molecule has 0 bridgehead atoms. The second-order valence-corrected chi connectivity index (χ2v) is 5.97. The molecule has 0 atom stereocenters. The van der Waals surface area contributed by atoms with Crippen LogP contribution >= 0.6 is 11.3 Å². The molecule has 20 heavy (non-hydrogen) atoms. The first-order chi connectivity index (χ1) is 9.74. The summed E-state index contributed by atoms with van der Waals surface area (Å²) in [6.07, 6.45) is 2.46. The lowest BCUT2D eigenvalue weighted by molar-refractivity contribution is -0.131. The Morgan fingerprint density at radius 1 is 1.30 bits per heavy atom. The van der Waals surface area contributed by atoms with Crippen molar-refractivity contribution in [1.82, 2.24) is 4.90 Å². The van der Waals surface area contributed by atoms with Gasteiger partial charge in [0.15, 0.2) is 0 Å². The molecule has 3 rings (SSSR count). The second kappa shape index (κ2) is 5.67. The normalized spacial score (nSPS) is 14.2. The van der Waals surface area contributed by atoms with Crippen LogP contribution in [0.4, 0.5) is 0 Å². The molecular weight excluding hydrogens is 270 g/mol. The first kappa shape index (κ1) is 13.2. The summed E-state index contributed by atoms with van der Waals surface area (Å²) in [5.41, 5.74) is 1.89. The van der Waals surface area contributed by atoms with Crippen LogP contribution in [0.1, 0.15) is 24.0 Å². The third kappa shape index (κ3) is 3.02. The number of phenolic OH excluding ortho intramolecular Hbond substituents is 1. The molecule has 1 aromatic heterocycles. The molecule has 0 unspecified atom stereocenters. The van der Waals surface area contributed by atoms with Crippen molar-refractivity contribution in [3.05, 3.63) is 52.2 Å². The van der Waals surface area contributed by atoms with E-state index in [9.17, 15) is 9.90 Å². The Kier molecular flexibility index (Phi) is 3.74. The van der Waals surface area contributed by atoms with Crippen molar-refractivity contribution in [2.45, 2.75) is 31.8 Å². The SMILES string of the molecule is O=C(Cc1ccccc1O)N(Cc1ccsc1)C1CC1. The third-order valence-corrected chi connectivity index (χ3v) is 4.31. The molecule has 1 aliphatic rings. The van der Waals surface area contributed by atoms with Gasteiger partial charge in [0.2, 0.25) is 5.91 Å². The van der Waals surface area contributed by atoms with Crippen LogP contribution in [-0.2, 0) is 17.8 Å². The Balaban J connectivity index is 1.71. The molecule has 0 aliphatic heterocycles. The van der Waals surface area contributed by atoms with Crippen LogP contribution in [0, 0.1) is 0 Å². The van der Waals surface area contributed by atoms with E-state index in [0.717, 1.165) is 12.8 Å². The van der Waals surface area contributed by atoms with E-state index in [1.54, 1.807) is 23.5 Å². The van der Waals surface area contributed by atoms with Crippen LogP contribution in [0.15, 0.2) is 41.1 Å². The number of phenols is 1. The Bertz CT molecular complexity index is 590. The number of rotatable bonds is 5. The van der Waals surface area contributed by atoms with Crippen molar-refractivity contribution >= 4 is 17.2 Å². The summed E-state index contributed by atoms with van der Waals surface area (Å²) in [6.45, 7) is 0.681. The molecule has 1 aromatic carbocycles. The molecule has 0 spiro atoms. The van der Waals surface area contributed by atoms with Crippen LogP contribution < -0.4 is 0 Å². The van der Waals surface area contributed by atoms with Gasteiger partial charge in [-0.15, -0.1) is 0 Å². The maximum Gasteiger partial charge on any atom is 0.227 e. The largest absolute Gasteiger partial charge is 0.508 e. The molecule has 1 fully saturated rings. The summed E-state index contributed by atoms with van der Waals surface area (Å²) in [4.78, 5) is 14.4. The zero-order chi connectivity index (χ0) is 13.9. The van der Waals surface area contributed by atoms with Crippen LogP contribution in [0.5, 0.6) is 5.75 Å². The maximum atomic E-state index is 12.5. The first-order valence-corrected chi connectivity index (χ1v) is 7.76. The van der Waals surface area contributed by atoms with E-state index in [0.29, 0.717) is 18.2 Å². The number of para-hydroxylation sites is 1. The summed E-state index contributed by atoms with van der Waals surface area (Å²) >= 11 is 1.65. The molecule has 0 radical (unpaired) electrons. The van der Waals surface area contributed by atoms with Gasteiger partial charge in [-0.3, -0.25) is 4.79 Å². The Hall–Kier alpha value is -1.81. The van der Waals surface area contributed by atoms with Crippen LogP contribution in [0.25, 0.3) is 0 Å². The Morgan fingerprint density at radius 2 is 2.10 bits per heavy atom. The van der Waals surface area contributed by atoms with E-state index in [4.69, 9.17) is 0 Å². The highest BCUT2D eigenvalue weighted by Crippen LogP contribution is 2.30. The number of nitrogens with zero attached hydrogens (tertiary/aromatic N) is 1. The molecule has 1 saturated carbocycles. The van der Waals surface area contributed by atoms with Crippen molar-refractivity contribution in [3.63, 3.8) is 0 Å². The molecule has 1 aliphatic carbocycles. The monoisotopic (exact) mass is 287 g/mol. The summed E-state index contributed by atoms with van der Waals surface area (Å²) in [5.74, 6) is 0.298. The second-order valence-electron chi connectivity index (χ2n) is 5.19. The number of benzene rings is 1. The highest BCUT2D eigenvalue weighted by atomic mass is 32.1. The number of aromatic hydroxyl groups is 1. The van der Waals surface area contributed by atoms with Gasteiger partial charge in [-0.2, -0.15) is 11.3 Å². The van der Waals surface area contributed by atoms with Crippen LogP contribution in [0.3, 0.4) is 0 Å². The molecule has 2 aromatic rings. The van der Waals surface area contributed by atoms with E-state index in [1.165, 1.54) is 5.56 Å². The third-order valence-electron chi connectivity index (χ3n) is 3.57. The van der Waals surface area contributed by atoms with Crippen molar-refractivity contribution in [3.8, 4) is 5.75 Å². The molecule has 3 nitrogen and oxygen atoms in total. The number of thiophene rings is 1. The zero-order valence-electron chi connectivity index (χ0n) is 11.2. The fourth-order valence-electron chi connectivity index (χ4n) is 2.31. The average Bonchev–Trinajstić information content (AvgIpc) is 3.15. The summed E-state index contributed by atoms with van der Waals surface area (Å²) in [7, 11) is 0. The molecule has 4 heteroatoms. The van der Waals surface area contributed by atoms with Gasteiger partial charge in [0.25, 0.3) is 0 Å². The van der Waals surface area contributed by atoms with E-state index >= 15 is 0 Å². The number of carbonyl (C=O) groups is 1. The predicted octanol–water partition coefficient (Wildman–Crippen LogP) is 3.19. The van der Waals surface area contributed by atoms with E-state index in [1.807, 2.05) is 22.4 Å². The van der Waals surface area contributed by atoms with Gasteiger partial charge in [-0.25, -0.2) is 0 Å². The number of amides is 1. The van der Waals surface area contributed by atoms with Gasteiger partial charge in [0, 0.05) is 18.2 Å². The number of carbonyl (C=O) groups excluding carboxylic acids is 1. The van der Waals surface area contributed by atoms with Gasteiger partial charge in [0.05, 0.1) is 6.42 Å². The highest BCUT2D eigenvalue weighted by Gasteiger charge is 2.32. The van der Waals surface area contributed by atoms with Crippen molar-refractivity contribution in [2.24, 2.45) is 0 Å². The van der Waals surface area contributed by atoms with Crippen LogP contribution in [0.2, 0.25) is 0 Å². The highest BCUT2D eigenvalue weighted by molar-refractivity contribution is 7.07. The lowest BCUT2D eigenvalue weighted by Crippen LogP contribution is -2.33. The number of hydrogen-bond acceptors (Lipinski definition) is 3. The van der Waals surface area contributed by atoms with Gasteiger partial charge in [-0.05, 0) is 41.3 Å². The van der Waals surface area contributed by atoms with Crippen LogP contribution in [-0.4, -0.2) is 22.0 Å². The Morgan fingerprint density at radius 3 is 2.75 bits per heavy atom. The van der Waals surface area contributed by atoms with Crippen molar-refractivity contribution in [1.29, 1.82) is 0 Å². The molecule has 1 N–H and O–H groups in total. The lowest BCUT2D eigenvalue weighted by Gasteiger charge is -2.22. The average molecular weight is 287 g/mol. The zero-order valence-corrected chi connectivity index (χ0v) is 12.0. The van der Waals surface area contributed by atoms with E-state index < -0.39 is 0 Å². The Labute approximate surface area is 122 Å². The minimum absolute atomic E-state index is 0.0974. The fraction of sp³-hybridized carbons (Fsp3) is 0.312. The first-order valence-electron chi connectivity index (χ1n) is 6.81. The lowest BCUT2D eigenvalue weighted by atomic mass is 10.1. The van der Waals surface area contributed by atoms with Crippen molar-refractivity contribution in [2.75, 3.05) is 0 Å². The molecular formula is C16H17NO2S. The smallest absolute Gasteiger partial charge is 0.227 e. The standard InChI is InChI=1S/C16H17NO2S/c18-15-4-2-1-3-13(15)9-16(19)17(14-5-6-14)10-12-7-8-20-11-12/h1-4,7-8,11,14,18H,5-6,9-10H2. The maximum absolute atomic E-state index is 12.5. The minimum atomic E-state index is 0.0974. The molecule has 1 amide bonds. The molecule has 0 saturated heterocycles. The molecule has 1 heterocycles. The van der Waals surface area contributed by atoms with E-state index in [-0.39, 0.29) is 18.1 Å². The predicted molar refractivity (Wildman–Crippen MR) is 79.7 cm³/mol. The molecule has 104 valence electrons.